The molecule has 1 aromatic heterocycles. The lowest BCUT2D eigenvalue weighted by atomic mass is 10.0. The van der Waals surface area contributed by atoms with Crippen LogP contribution < -0.4 is 0 Å². The number of hydrogen-bond acceptors (Lipinski definition) is 3. The van der Waals surface area contributed by atoms with Gasteiger partial charge in [0.1, 0.15) is 5.82 Å². The number of carbonyl (C=O) groups is 2. The van der Waals surface area contributed by atoms with Gasteiger partial charge < -0.3 is 14.4 Å². The smallest absolute Gasteiger partial charge is 0.332 e. The van der Waals surface area contributed by atoms with Crippen LogP contribution in [0.25, 0.3) is 17.0 Å². The van der Waals surface area contributed by atoms with Crippen LogP contribution in [0.3, 0.4) is 0 Å². The van der Waals surface area contributed by atoms with Crippen LogP contribution in [-0.2, 0) is 22.7 Å². The van der Waals surface area contributed by atoms with Crippen molar-refractivity contribution in [1.29, 1.82) is 0 Å². The SMILES string of the molecule is Cc1ccc(C(=O)c2cn(C/C=C/c3ccc(CO[C@H](C)C(=O)O)cc3)c3ccc(F)cc23)cc1. The second-order valence-corrected chi connectivity index (χ2v) is 8.49. The van der Waals surface area contributed by atoms with Gasteiger partial charge >= 0.3 is 5.97 Å². The van der Waals surface area contributed by atoms with Crippen molar-refractivity contribution in [3.8, 4) is 0 Å². The molecule has 0 saturated heterocycles. The topological polar surface area (TPSA) is 68.5 Å². The molecule has 0 aliphatic carbocycles. The molecule has 1 heterocycles. The minimum absolute atomic E-state index is 0.140. The number of fused-ring (bicyclic) bond motifs is 1. The number of benzene rings is 3. The average Bonchev–Trinajstić information content (AvgIpc) is 3.20. The summed E-state index contributed by atoms with van der Waals surface area (Å²) in [5.41, 5.74) is 4.74. The van der Waals surface area contributed by atoms with Crippen molar-refractivity contribution in [1.82, 2.24) is 4.57 Å². The van der Waals surface area contributed by atoms with Gasteiger partial charge in [-0.3, -0.25) is 4.79 Å². The first-order chi connectivity index (χ1) is 16.8. The molecule has 0 unspecified atom stereocenters. The van der Waals surface area contributed by atoms with Gasteiger partial charge in [0.15, 0.2) is 11.9 Å². The van der Waals surface area contributed by atoms with Gasteiger partial charge in [-0.2, -0.15) is 0 Å². The lowest BCUT2D eigenvalue weighted by Crippen LogP contribution is -2.19. The Morgan fingerprint density at radius 2 is 1.77 bits per heavy atom. The molecular formula is C29H26FNO4. The largest absolute Gasteiger partial charge is 0.479 e. The summed E-state index contributed by atoms with van der Waals surface area (Å²) in [5, 5.41) is 9.49. The lowest BCUT2D eigenvalue weighted by Gasteiger charge is -2.08. The Morgan fingerprint density at radius 3 is 2.46 bits per heavy atom. The maximum atomic E-state index is 14.0. The Bertz CT molecular complexity index is 1380. The summed E-state index contributed by atoms with van der Waals surface area (Å²) < 4.78 is 21.3. The highest BCUT2D eigenvalue weighted by Crippen LogP contribution is 2.25. The summed E-state index contributed by atoms with van der Waals surface area (Å²) in [6.45, 7) is 4.19. The van der Waals surface area contributed by atoms with Crippen molar-refractivity contribution in [2.24, 2.45) is 0 Å². The predicted octanol–water partition coefficient (Wildman–Crippen LogP) is 6.02. The molecule has 0 amide bonds. The summed E-state index contributed by atoms with van der Waals surface area (Å²) in [5.74, 6) is -1.52. The molecule has 1 N–H and O–H groups in total. The van der Waals surface area contributed by atoms with Gasteiger partial charge in [-0.1, -0.05) is 66.2 Å². The fraction of sp³-hybridized carbons (Fsp3) is 0.172. The number of halogens is 1. The molecule has 0 aliphatic heterocycles. The minimum Gasteiger partial charge on any atom is -0.479 e. The van der Waals surface area contributed by atoms with E-state index in [1.807, 2.05) is 60.0 Å². The van der Waals surface area contributed by atoms with Crippen molar-refractivity contribution in [2.45, 2.75) is 33.1 Å². The fourth-order valence-corrected chi connectivity index (χ4v) is 3.78. The van der Waals surface area contributed by atoms with Crippen molar-refractivity contribution >= 4 is 28.7 Å². The van der Waals surface area contributed by atoms with Crippen molar-refractivity contribution < 1.29 is 23.8 Å². The van der Waals surface area contributed by atoms with Crippen LogP contribution in [0.1, 0.15) is 39.5 Å². The van der Waals surface area contributed by atoms with Crippen LogP contribution in [0.5, 0.6) is 0 Å². The van der Waals surface area contributed by atoms with E-state index in [0.29, 0.717) is 23.1 Å². The van der Waals surface area contributed by atoms with Crippen LogP contribution in [-0.4, -0.2) is 27.5 Å². The standard InChI is InChI=1S/C29H26FNO4/c1-19-5-11-23(12-6-19)28(32)26-17-31(27-14-13-24(30)16-25(26)27)15-3-4-21-7-9-22(10-8-21)18-35-20(2)29(33)34/h3-14,16-17,20H,15,18H2,1-2H3,(H,33,34)/b4-3+/t20-/m1/s1. The molecule has 0 fully saturated rings. The number of nitrogens with zero attached hydrogens (tertiary/aromatic N) is 1. The third-order valence-corrected chi connectivity index (χ3v) is 5.84. The molecule has 4 aromatic rings. The number of aromatic nitrogens is 1. The Labute approximate surface area is 203 Å². The first-order valence-corrected chi connectivity index (χ1v) is 11.3. The van der Waals surface area contributed by atoms with Gasteiger partial charge in [0.2, 0.25) is 0 Å². The van der Waals surface area contributed by atoms with E-state index in [9.17, 15) is 14.0 Å². The molecule has 1 atom stereocenters. The van der Waals surface area contributed by atoms with Gasteiger partial charge in [0, 0.05) is 34.8 Å². The van der Waals surface area contributed by atoms with E-state index in [1.165, 1.54) is 19.1 Å². The molecule has 5 nitrogen and oxygen atoms in total. The Balaban J connectivity index is 1.51. The highest BCUT2D eigenvalue weighted by Gasteiger charge is 2.17. The number of carbonyl (C=O) groups excluding carboxylic acids is 1. The van der Waals surface area contributed by atoms with Gasteiger partial charge in [-0.25, -0.2) is 9.18 Å². The van der Waals surface area contributed by atoms with Crippen molar-refractivity contribution in [3.63, 3.8) is 0 Å². The maximum absolute atomic E-state index is 14.0. The number of hydrogen-bond donors (Lipinski definition) is 1. The highest BCUT2D eigenvalue weighted by atomic mass is 19.1. The number of aryl methyl sites for hydroxylation is 1. The zero-order valence-corrected chi connectivity index (χ0v) is 19.6. The van der Waals surface area contributed by atoms with Crippen LogP contribution >= 0.6 is 0 Å². The third kappa shape index (κ3) is 5.73. The maximum Gasteiger partial charge on any atom is 0.332 e. The van der Waals surface area contributed by atoms with Gasteiger partial charge in [0.05, 0.1) is 6.61 Å². The minimum atomic E-state index is -0.992. The predicted molar refractivity (Wildman–Crippen MR) is 134 cm³/mol. The first kappa shape index (κ1) is 24.1. The van der Waals surface area contributed by atoms with E-state index in [0.717, 1.165) is 22.2 Å². The summed E-state index contributed by atoms with van der Waals surface area (Å²) in [4.78, 5) is 24.0. The van der Waals surface area contributed by atoms with E-state index in [2.05, 4.69) is 0 Å². The molecule has 6 heteroatoms. The van der Waals surface area contributed by atoms with Crippen LogP contribution in [0.2, 0.25) is 0 Å². The number of aliphatic carboxylic acids is 1. The van der Waals surface area contributed by atoms with Gasteiger partial charge in [-0.05, 0) is 43.2 Å². The molecule has 0 spiro atoms. The monoisotopic (exact) mass is 471 g/mol. The van der Waals surface area contributed by atoms with Crippen molar-refractivity contribution in [3.05, 3.63) is 113 Å². The van der Waals surface area contributed by atoms with E-state index in [1.54, 1.807) is 24.4 Å². The van der Waals surface area contributed by atoms with E-state index < -0.39 is 12.1 Å². The number of carboxylic acid groups (broad SMARTS) is 1. The second-order valence-electron chi connectivity index (χ2n) is 8.49. The van der Waals surface area contributed by atoms with E-state index in [4.69, 9.17) is 9.84 Å². The molecule has 3 aromatic carbocycles. The molecule has 0 bridgehead atoms. The van der Waals surface area contributed by atoms with Crippen LogP contribution in [0.4, 0.5) is 4.39 Å². The molecule has 0 saturated carbocycles. The number of carboxylic acids is 1. The van der Waals surface area contributed by atoms with E-state index in [-0.39, 0.29) is 18.2 Å². The highest BCUT2D eigenvalue weighted by molar-refractivity contribution is 6.16. The van der Waals surface area contributed by atoms with Crippen LogP contribution in [0, 0.1) is 12.7 Å². The number of rotatable bonds is 9. The normalized spacial score (nSPS) is 12.3. The average molecular weight is 472 g/mol. The Hall–Kier alpha value is -4.03. The Morgan fingerprint density at radius 1 is 1.06 bits per heavy atom. The first-order valence-electron chi connectivity index (χ1n) is 11.3. The van der Waals surface area contributed by atoms with E-state index >= 15 is 0 Å². The van der Waals surface area contributed by atoms with Crippen LogP contribution in [0.15, 0.2) is 79.0 Å². The Kier molecular flexibility index (Phi) is 7.22. The summed E-state index contributed by atoms with van der Waals surface area (Å²) in [6.07, 6.45) is 4.85. The molecule has 0 radical (unpaired) electrons. The molecule has 178 valence electrons. The molecule has 35 heavy (non-hydrogen) atoms. The number of ether oxygens (including phenoxy) is 1. The lowest BCUT2D eigenvalue weighted by molar-refractivity contribution is -0.149. The second kappa shape index (κ2) is 10.5. The zero-order valence-electron chi connectivity index (χ0n) is 19.6. The quantitative estimate of drug-likeness (QED) is 0.303. The molecule has 0 aliphatic rings. The van der Waals surface area contributed by atoms with Gasteiger partial charge in [0.25, 0.3) is 0 Å². The molecule has 4 rings (SSSR count). The summed E-state index contributed by atoms with van der Waals surface area (Å²) in [6, 6.07) is 19.5. The van der Waals surface area contributed by atoms with Crippen molar-refractivity contribution in [2.75, 3.05) is 0 Å². The summed E-state index contributed by atoms with van der Waals surface area (Å²) in [7, 11) is 0. The van der Waals surface area contributed by atoms with Gasteiger partial charge in [-0.15, -0.1) is 0 Å². The zero-order chi connectivity index (χ0) is 24.9. The number of ketones is 1. The summed E-state index contributed by atoms with van der Waals surface area (Å²) >= 11 is 0. The fourth-order valence-electron chi connectivity index (χ4n) is 3.78. The number of allylic oxidation sites excluding steroid dienone is 1. The third-order valence-electron chi connectivity index (χ3n) is 5.84. The molecular weight excluding hydrogens is 445 g/mol.